The largest absolute Gasteiger partial charge is 0.460 e. The predicted molar refractivity (Wildman–Crippen MR) is 50.2 cm³/mol. The number of hydrogen-bond donors (Lipinski definition) is 0. The number of ether oxygens (including phenoxy) is 1. The van der Waals surface area contributed by atoms with Gasteiger partial charge in [-0.2, -0.15) is 0 Å². The summed E-state index contributed by atoms with van der Waals surface area (Å²) in [5.74, 6) is -3.29. The fraction of sp³-hybridized carbons (Fsp3) is 0.200. The molecular weight excluding hydrogens is 198 g/mol. The van der Waals surface area contributed by atoms with Crippen molar-refractivity contribution in [2.45, 2.75) is 6.92 Å². The van der Waals surface area contributed by atoms with Crippen LogP contribution in [0.2, 0.25) is 0 Å². The standard InChI is InChI=1S/C10H9NO4/c1-2-15-10(14)9(13)8(12)7-5-3-4-6-11-7/h3-6H,2H2,1H3. The summed E-state index contributed by atoms with van der Waals surface area (Å²) in [7, 11) is 0. The topological polar surface area (TPSA) is 73.3 Å². The van der Waals surface area contributed by atoms with E-state index >= 15 is 0 Å². The molecule has 1 heterocycles. The molecule has 0 saturated heterocycles. The summed E-state index contributed by atoms with van der Waals surface area (Å²) in [6.07, 6.45) is 1.37. The molecular formula is C10H9NO4. The van der Waals surface area contributed by atoms with E-state index in [1.54, 1.807) is 19.1 Å². The molecule has 0 aliphatic heterocycles. The highest BCUT2D eigenvalue weighted by Gasteiger charge is 2.25. The minimum Gasteiger partial charge on any atom is -0.460 e. The van der Waals surface area contributed by atoms with E-state index in [-0.39, 0.29) is 12.3 Å². The van der Waals surface area contributed by atoms with Gasteiger partial charge in [-0.3, -0.25) is 14.6 Å². The van der Waals surface area contributed by atoms with Gasteiger partial charge in [0.25, 0.3) is 5.78 Å². The third-order valence-electron chi connectivity index (χ3n) is 1.56. The predicted octanol–water partition coefficient (Wildman–Crippen LogP) is 0.396. The summed E-state index contributed by atoms with van der Waals surface area (Å²) < 4.78 is 4.41. The summed E-state index contributed by atoms with van der Waals surface area (Å²) in [6.45, 7) is 1.61. The average Bonchev–Trinajstić information content (AvgIpc) is 2.28. The first-order valence-corrected chi connectivity index (χ1v) is 4.33. The van der Waals surface area contributed by atoms with Gasteiger partial charge in [0.1, 0.15) is 5.69 Å². The van der Waals surface area contributed by atoms with Crippen LogP contribution in [0, 0.1) is 0 Å². The van der Waals surface area contributed by atoms with Crippen LogP contribution in [0.1, 0.15) is 17.4 Å². The zero-order chi connectivity index (χ0) is 11.3. The SMILES string of the molecule is CCOC(=O)C(=O)C(=O)c1ccccn1. The van der Waals surface area contributed by atoms with Gasteiger partial charge in [-0.1, -0.05) is 6.07 Å². The number of pyridine rings is 1. The molecule has 5 heteroatoms. The van der Waals surface area contributed by atoms with Crippen LogP contribution in [-0.2, 0) is 14.3 Å². The highest BCUT2D eigenvalue weighted by atomic mass is 16.5. The Bertz CT molecular complexity index is 386. The third kappa shape index (κ3) is 2.70. The van der Waals surface area contributed by atoms with Crippen molar-refractivity contribution >= 4 is 17.5 Å². The molecule has 0 saturated carbocycles. The first-order chi connectivity index (χ1) is 7.16. The van der Waals surface area contributed by atoms with Crippen molar-refractivity contribution in [1.82, 2.24) is 4.98 Å². The second-order valence-corrected chi connectivity index (χ2v) is 2.59. The maximum atomic E-state index is 11.3. The lowest BCUT2D eigenvalue weighted by Gasteiger charge is -1.99. The fourth-order valence-electron chi connectivity index (χ4n) is 0.903. The smallest absolute Gasteiger partial charge is 0.383 e. The summed E-state index contributed by atoms with van der Waals surface area (Å²) in [5, 5.41) is 0. The van der Waals surface area contributed by atoms with E-state index in [1.807, 2.05) is 0 Å². The van der Waals surface area contributed by atoms with Crippen LogP contribution in [0.4, 0.5) is 0 Å². The molecule has 5 nitrogen and oxygen atoms in total. The van der Waals surface area contributed by atoms with Gasteiger partial charge >= 0.3 is 11.8 Å². The zero-order valence-corrected chi connectivity index (χ0v) is 8.10. The fourth-order valence-corrected chi connectivity index (χ4v) is 0.903. The van der Waals surface area contributed by atoms with Gasteiger partial charge in [0.05, 0.1) is 6.61 Å². The second kappa shape index (κ2) is 4.99. The molecule has 0 fully saturated rings. The van der Waals surface area contributed by atoms with Gasteiger partial charge in [0, 0.05) is 6.20 Å². The van der Waals surface area contributed by atoms with Gasteiger partial charge in [0.15, 0.2) is 0 Å². The van der Waals surface area contributed by atoms with Crippen molar-refractivity contribution < 1.29 is 19.1 Å². The lowest BCUT2D eigenvalue weighted by atomic mass is 10.2. The molecule has 0 amide bonds. The van der Waals surface area contributed by atoms with Gasteiger partial charge in [-0.05, 0) is 19.1 Å². The number of ketones is 2. The normalized spacial score (nSPS) is 9.40. The number of carbonyl (C=O) groups is 3. The molecule has 0 aliphatic rings. The summed E-state index contributed by atoms with van der Waals surface area (Å²) in [5.41, 5.74) is -0.0597. The van der Waals surface area contributed by atoms with Crippen molar-refractivity contribution in [1.29, 1.82) is 0 Å². The second-order valence-electron chi connectivity index (χ2n) is 2.59. The van der Waals surface area contributed by atoms with Crippen LogP contribution in [0.3, 0.4) is 0 Å². The molecule has 0 radical (unpaired) electrons. The van der Waals surface area contributed by atoms with E-state index in [2.05, 4.69) is 9.72 Å². The zero-order valence-electron chi connectivity index (χ0n) is 8.10. The Morgan fingerprint density at radius 3 is 2.60 bits per heavy atom. The quantitative estimate of drug-likeness (QED) is 0.309. The van der Waals surface area contributed by atoms with Crippen LogP contribution >= 0.6 is 0 Å². The highest BCUT2D eigenvalue weighted by Crippen LogP contribution is 1.97. The Kier molecular flexibility index (Phi) is 3.68. The van der Waals surface area contributed by atoms with E-state index in [9.17, 15) is 14.4 Å². The summed E-state index contributed by atoms with van der Waals surface area (Å²) >= 11 is 0. The van der Waals surface area contributed by atoms with Crippen LogP contribution in [0.25, 0.3) is 0 Å². The molecule has 0 aromatic carbocycles. The number of aromatic nitrogens is 1. The molecule has 0 aliphatic carbocycles. The molecule has 0 atom stereocenters. The number of rotatable bonds is 4. The van der Waals surface area contributed by atoms with Crippen molar-refractivity contribution in [3.63, 3.8) is 0 Å². The third-order valence-corrected chi connectivity index (χ3v) is 1.56. The minimum atomic E-state index is -1.20. The summed E-state index contributed by atoms with van der Waals surface area (Å²) in [4.78, 5) is 37.1. The number of hydrogen-bond acceptors (Lipinski definition) is 5. The monoisotopic (exact) mass is 207 g/mol. The van der Waals surface area contributed by atoms with Crippen LogP contribution in [0.5, 0.6) is 0 Å². The molecule has 0 unspecified atom stereocenters. The van der Waals surface area contributed by atoms with Crippen LogP contribution in [0.15, 0.2) is 24.4 Å². The Balaban J connectivity index is 2.78. The number of Topliss-reactive ketones (excluding diaryl/α,β-unsaturated/α-hetero) is 2. The molecule has 0 spiro atoms. The van der Waals surface area contributed by atoms with E-state index in [0.29, 0.717) is 0 Å². The van der Waals surface area contributed by atoms with Gasteiger partial charge in [0.2, 0.25) is 0 Å². The lowest BCUT2D eigenvalue weighted by molar-refractivity contribution is -0.151. The molecule has 0 N–H and O–H groups in total. The van der Waals surface area contributed by atoms with Crippen molar-refractivity contribution in [2.75, 3.05) is 6.61 Å². The van der Waals surface area contributed by atoms with Crippen LogP contribution in [-0.4, -0.2) is 29.1 Å². The first kappa shape index (κ1) is 11.0. The minimum absolute atomic E-state index is 0.0556. The molecule has 1 rings (SSSR count). The first-order valence-electron chi connectivity index (χ1n) is 4.33. The Morgan fingerprint density at radius 1 is 1.33 bits per heavy atom. The van der Waals surface area contributed by atoms with E-state index in [1.165, 1.54) is 12.3 Å². The molecule has 15 heavy (non-hydrogen) atoms. The lowest BCUT2D eigenvalue weighted by Crippen LogP contribution is -2.26. The number of esters is 1. The number of carbonyl (C=O) groups excluding carboxylic acids is 3. The Morgan fingerprint density at radius 2 is 2.07 bits per heavy atom. The van der Waals surface area contributed by atoms with Crippen molar-refractivity contribution in [3.8, 4) is 0 Å². The van der Waals surface area contributed by atoms with E-state index in [4.69, 9.17) is 0 Å². The molecule has 1 aromatic heterocycles. The van der Waals surface area contributed by atoms with Gasteiger partial charge < -0.3 is 4.74 Å². The van der Waals surface area contributed by atoms with E-state index < -0.39 is 17.5 Å². The maximum Gasteiger partial charge on any atom is 0.383 e. The number of nitrogens with zero attached hydrogens (tertiary/aromatic N) is 1. The van der Waals surface area contributed by atoms with E-state index in [0.717, 1.165) is 0 Å². The average molecular weight is 207 g/mol. The van der Waals surface area contributed by atoms with Crippen LogP contribution < -0.4 is 0 Å². The van der Waals surface area contributed by atoms with Gasteiger partial charge in [-0.15, -0.1) is 0 Å². The molecule has 0 bridgehead atoms. The molecule has 1 aromatic rings. The highest BCUT2D eigenvalue weighted by molar-refractivity contribution is 6.65. The Labute approximate surface area is 86.1 Å². The maximum absolute atomic E-state index is 11.3. The van der Waals surface area contributed by atoms with Crippen molar-refractivity contribution in [2.24, 2.45) is 0 Å². The van der Waals surface area contributed by atoms with Gasteiger partial charge in [-0.25, -0.2) is 4.79 Å². The summed E-state index contributed by atoms with van der Waals surface area (Å²) in [6, 6.07) is 4.52. The van der Waals surface area contributed by atoms with Crippen molar-refractivity contribution in [3.05, 3.63) is 30.1 Å². The molecule has 78 valence electrons. The Hall–Kier alpha value is -2.04.